The maximum Gasteiger partial charge on any atom is 0.315 e. The largest absolute Gasteiger partial charge is 0.338 e. The summed E-state index contributed by atoms with van der Waals surface area (Å²) in [5, 5.41) is 10.6. The molecule has 0 aliphatic heterocycles. The van der Waals surface area contributed by atoms with Gasteiger partial charge in [-0.25, -0.2) is 14.6 Å². The summed E-state index contributed by atoms with van der Waals surface area (Å²) >= 11 is 0. The van der Waals surface area contributed by atoms with Crippen LogP contribution in [-0.4, -0.2) is 35.4 Å². The third-order valence-corrected chi connectivity index (χ3v) is 3.95. The van der Waals surface area contributed by atoms with Gasteiger partial charge in [-0.1, -0.05) is 6.42 Å². The zero-order valence-corrected chi connectivity index (χ0v) is 12.4. The maximum atomic E-state index is 11.7. The summed E-state index contributed by atoms with van der Waals surface area (Å²) < 4.78 is 0. The smallest absolute Gasteiger partial charge is 0.315 e. The lowest BCUT2D eigenvalue weighted by Crippen LogP contribution is -2.39. The number of carbonyl (C=O) groups excluding carboxylic acids is 2. The summed E-state index contributed by atoms with van der Waals surface area (Å²) in [7, 11) is 0. The number of rotatable bonds is 6. The maximum absolute atomic E-state index is 11.7. The minimum absolute atomic E-state index is 0.219. The fourth-order valence-corrected chi connectivity index (χ4v) is 2.86. The lowest BCUT2D eigenvalue weighted by Gasteiger charge is -2.28. The standard InChI is InChI=1S/C14H21N5O3/c20-9-15-6-10-2-1-3-11(4-10)7-16-14(22)17-8-12-5-13(21)19-18-12/h5,10-11H,1-4,6-8H2,(H2,16,17,22)(H2,18,19,21). The van der Waals surface area contributed by atoms with Crippen LogP contribution in [0.3, 0.4) is 0 Å². The number of nitrogens with zero attached hydrogens (tertiary/aromatic N) is 1. The van der Waals surface area contributed by atoms with Crippen molar-refractivity contribution in [3.05, 3.63) is 22.1 Å². The Morgan fingerprint density at radius 3 is 2.86 bits per heavy atom. The van der Waals surface area contributed by atoms with E-state index >= 15 is 0 Å². The van der Waals surface area contributed by atoms with E-state index in [-0.39, 0.29) is 18.1 Å². The van der Waals surface area contributed by atoms with Gasteiger partial charge in [-0.15, -0.1) is 0 Å². The average Bonchev–Trinajstić information content (AvgIpc) is 2.95. The SMILES string of the molecule is O=C=NCC1CCCC(CNC(=O)NCc2cc(=O)[nH][nH]2)C1. The first-order chi connectivity index (χ1) is 10.7. The van der Waals surface area contributed by atoms with E-state index in [9.17, 15) is 14.4 Å². The molecule has 22 heavy (non-hydrogen) atoms. The molecule has 1 aliphatic rings. The summed E-state index contributed by atoms with van der Waals surface area (Å²) in [6, 6.07) is 1.15. The molecule has 2 atom stereocenters. The average molecular weight is 307 g/mol. The summed E-state index contributed by atoms with van der Waals surface area (Å²) in [6.45, 7) is 1.41. The fourth-order valence-electron chi connectivity index (χ4n) is 2.86. The first-order valence-corrected chi connectivity index (χ1v) is 7.49. The Morgan fingerprint density at radius 1 is 1.32 bits per heavy atom. The first kappa shape index (κ1) is 16.0. The molecule has 1 aliphatic carbocycles. The lowest BCUT2D eigenvalue weighted by molar-refractivity contribution is 0.229. The number of nitrogens with one attached hydrogen (secondary N) is 4. The molecule has 8 nitrogen and oxygen atoms in total. The Kier molecular flexibility index (Phi) is 5.97. The number of aromatic nitrogens is 2. The molecule has 1 aromatic heterocycles. The topological polar surface area (TPSA) is 119 Å². The lowest BCUT2D eigenvalue weighted by atomic mass is 9.81. The molecule has 1 heterocycles. The van der Waals surface area contributed by atoms with Gasteiger partial charge in [-0.2, -0.15) is 0 Å². The van der Waals surface area contributed by atoms with Crippen molar-refractivity contribution in [2.45, 2.75) is 32.2 Å². The highest BCUT2D eigenvalue weighted by molar-refractivity contribution is 5.73. The molecule has 1 fully saturated rings. The number of hydrogen-bond donors (Lipinski definition) is 4. The van der Waals surface area contributed by atoms with E-state index in [0.717, 1.165) is 25.7 Å². The van der Waals surface area contributed by atoms with E-state index in [1.165, 1.54) is 6.07 Å². The zero-order valence-electron chi connectivity index (χ0n) is 12.4. The van der Waals surface area contributed by atoms with E-state index in [1.54, 1.807) is 6.08 Å². The second-order valence-electron chi connectivity index (χ2n) is 5.68. The molecular formula is C14H21N5O3. The van der Waals surface area contributed by atoms with Crippen LogP contribution in [0, 0.1) is 11.8 Å². The van der Waals surface area contributed by atoms with Crippen LogP contribution in [0.25, 0.3) is 0 Å². The number of urea groups is 1. The summed E-state index contributed by atoms with van der Waals surface area (Å²) in [4.78, 5) is 36.5. The summed E-state index contributed by atoms with van der Waals surface area (Å²) in [6.07, 6.45) is 5.80. The number of aliphatic imine (C=N–C) groups is 1. The van der Waals surface area contributed by atoms with E-state index < -0.39 is 0 Å². The molecule has 2 amide bonds. The van der Waals surface area contributed by atoms with E-state index in [0.29, 0.717) is 30.6 Å². The Labute approximate surface area is 127 Å². The van der Waals surface area contributed by atoms with Gasteiger partial charge in [0.2, 0.25) is 6.08 Å². The van der Waals surface area contributed by atoms with Crippen LogP contribution in [0.4, 0.5) is 4.79 Å². The fraction of sp³-hybridized carbons (Fsp3) is 0.643. The molecule has 4 N–H and O–H groups in total. The molecule has 1 aromatic rings. The van der Waals surface area contributed by atoms with Crippen molar-refractivity contribution < 1.29 is 9.59 Å². The van der Waals surface area contributed by atoms with Gasteiger partial charge >= 0.3 is 6.03 Å². The van der Waals surface area contributed by atoms with Gasteiger partial charge in [0.1, 0.15) is 0 Å². The molecule has 2 unspecified atom stereocenters. The van der Waals surface area contributed by atoms with E-state index in [1.807, 2.05) is 0 Å². The predicted octanol–water partition coefficient (Wildman–Crippen LogP) is 0.644. The number of amides is 2. The van der Waals surface area contributed by atoms with Gasteiger partial charge < -0.3 is 15.7 Å². The number of hydrogen-bond acceptors (Lipinski definition) is 4. The van der Waals surface area contributed by atoms with Crippen molar-refractivity contribution >= 4 is 12.1 Å². The van der Waals surface area contributed by atoms with Gasteiger partial charge in [0.05, 0.1) is 18.8 Å². The number of aromatic amines is 2. The predicted molar refractivity (Wildman–Crippen MR) is 80.1 cm³/mol. The number of H-pyrrole nitrogens is 2. The second kappa shape index (κ2) is 8.19. The molecular weight excluding hydrogens is 286 g/mol. The Bertz CT molecular complexity index is 587. The second-order valence-corrected chi connectivity index (χ2v) is 5.68. The highest BCUT2D eigenvalue weighted by Gasteiger charge is 2.22. The van der Waals surface area contributed by atoms with Gasteiger partial charge in [0.15, 0.2) is 0 Å². The zero-order chi connectivity index (χ0) is 15.8. The normalized spacial score (nSPS) is 20.9. The van der Waals surface area contributed by atoms with Gasteiger partial charge in [0, 0.05) is 12.6 Å². The van der Waals surface area contributed by atoms with Crippen LogP contribution < -0.4 is 16.2 Å². The quantitative estimate of drug-likeness (QED) is 0.456. The molecule has 0 bridgehead atoms. The van der Waals surface area contributed by atoms with E-state index in [2.05, 4.69) is 25.8 Å². The van der Waals surface area contributed by atoms with E-state index in [4.69, 9.17) is 0 Å². The molecule has 1 saturated carbocycles. The molecule has 2 rings (SSSR count). The number of carbonyl (C=O) groups is 1. The third kappa shape index (κ3) is 5.21. The highest BCUT2D eigenvalue weighted by Crippen LogP contribution is 2.28. The summed E-state index contributed by atoms with van der Waals surface area (Å²) in [5.41, 5.74) is 0.410. The van der Waals surface area contributed by atoms with Crippen molar-refractivity contribution in [3.63, 3.8) is 0 Å². The van der Waals surface area contributed by atoms with Crippen LogP contribution in [0.1, 0.15) is 31.4 Å². The highest BCUT2D eigenvalue weighted by atomic mass is 16.2. The molecule has 0 saturated heterocycles. The minimum Gasteiger partial charge on any atom is -0.338 e. The van der Waals surface area contributed by atoms with Crippen molar-refractivity contribution in [2.24, 2.45) is 16.8 Å². The number of isocyanates is 1. The van der Waals surface area contributed by atoms with Crippen molar-refractivity contribution in [3.8, 4) is 0 Å². The van der Waals surface area contributed by atoms with Gasteiger partial charge in [-0.3, -0.25) is 9.89 Å². The van der Waals surface area contributed by atoms with Crippen LogP contribution in [0.2, 0.25) is 0 Å². The Balaban J connectivity index is 1.67. The van der Waals surface area contributed by atoms with Crippen molar-refractivity contribution in [2.75, 3.05) is 13.1 Å². The van der Waals surface area contributed by atoms with Crippen LogP contribution in [0.15, 0.2) is 15.9 Å². The molecule has 120 valence electrons. The Morgan fingerprint density at radius 2 is 2.14 bits per heavy atom. The van der Waals surface area contributed by atoms with Crippen LogP contribution >= 0.6 is 0 Å². The van der Waals surface area contributed by atoms with Crippen molar-refractivity contribution in [1.29, 1.82) is 0 Å². The Hall–Kier alpha value is -2.34. The third-order valence-electron chi connectivity index (χ3n) is 3.95. The molecule has 0 radical (unpaired) electrons. The van der Waals surface area contributed by atoms with Crippen LogP contribution in [-0.2, 0) is 11.3 Å². The first-order valence-electron chi connectivity index (χ1n) is 7.49. The molecule has 0 aromatic carbocycles. The molecule has 0 spiro atoms. The van der Waals surface area contributed by atoms with Crippen LogP contribution in [0.5, 0.6) is 0 Å². The molecule has 8 heteroatoms. The minimum atomic E-state index is -0.255. The van der Waals surface area contributed by atoms with Gasteiger partial charge in [-0.05, 0) is 31.1 Å². The van der Waals surface area contributed by atoms with Crippen molar-refractivity contribution in [1.82, 2.24) is 20.8 Å². The van der Waals surface area contributed by atoms with Gasteiger partial charge in [0.25, 0.3) is 5.56 Å². The monoisotopic (exact) mass is 307 g/mol. The summed E-state index contributed by atoms with van der Waals surface area (Å²) in [5.74, 6) is 0.827.